The van der Waals surface area contributed by atoms with E-state index in [1.54, 1.807) is 24.3 Å². The summed E-state index contributed by atoms with van der Waals surface area (Å²) in [6, 6.07) is 18.4. The third kappa shape index (κ3) is 3.65. The first-order valence-electron chi connectivity index (χ1n) is 8.54. The first-order valence-corrected chi connectivity index (χ1v) is 9.36. The van der Waals surface area contributed by atoms with Gasteiger partial charge in [-0.3, -0.25) is 9.59 Å². The summed E-state index contributed by atoms with van der Waals surface area (Å²) in [5.41, 5.74) is 1.36. The zero-order valence-electron chi connectivity index (χ0n) is 13.8. The van der Waals surface area contributed by atoms with Crippen molar-refractivity contribution in [3.05, 3.63) is 71.8 Å². The maximum absolute atomic E-state index is 12.9. The second-order valence-corrected chi connectivity index (χ2v) is 7.66. The number of alkyl halides is 2. The number of carbonyl (C=O) groups excluding carboxylic acids is 2. The van der Waals surface area contributed by atoms with Crippen molar-refractivity contribution in [3.8, 4) is 0 Å². The van der Waals surface area contributed by atoms with Gasteiger partial charge in [0.15, 0.2) is 11.6 Å². The Morgan fingerprint density at radius 2 is 1.56 bits per heavy atom. The summed E-state index contributed by atoms with van der Waals surface area (Å²) in [5, 5.41) is -0.899. The van der Waals surface area contributed by atoms with Crippen molar-refractivity contribution in [3.63, 3.8) is 0 Å². The van der Waals surface area contributed by atoms with Gasteiger partial charge in [0.05, 0.1) is 0 Å². The molecule has 0 aliphatic heterocycles. The van der Waals surface area contributed by atoms with E-state index in [0.717, 1.165) is 18.4 Å². The fourth-order valence-corrected chi connectivity index (χ4v) is 4.61. The molecule has 0 N–H and O–H groups in total. The molecule has 3 rings (SSSR count). The Morgan fingerprint density at radius 3 is 2.16 bits per heavy atom. The predicted molar refractivity (Wildman–Crippen MR) is 102 cm³/mol. The Morgan fingerprint density at radius 1 is 0.960 bits per heavy atom. The molecule has 0 unspecified atom stereocenters. The lowest BCUT2D eigenvalue weighted by Crippen LogP contribution is -2.46. The molecule has 3 atom stereocenters. The molecule has 2 aromatic rings. The fraction of sp³-hybridized carbons (Fsp3) is 0.333. The third-order valence-corrected chi connectivity index (χ3v) is 6.00. The van der Waals surface area contributed by atoms with Gasteiger partial charge in [0.2, 0.25) is 0 Å². The van der Waals surface area contributed by atoms with Gasteiger partial charge >= 0.3 is 0 Å². The molecule has 0 bridgehead atoms. The van der Waals surface area contributed by atoms with Crippen LogP contribution in [0.15, 0.2) is 60.7 Å². The van der Waals surface area contributed by atoms with Gasteiger partial charge in [0.25, 0.3) is 0 Å². The smallest absolute Gasteiger partial charge is 0.181 e. The minimum absolute atomic E-state index is 0.0132. The third-order valence-electron chi connectivity index (χ3n) is 4.91. The van der Waals surface area contributed by atoms with Crippen molar-refractivity contribution in [1.82, 2.24) is 0 Å². The molecule has 1 saturated carbocycles. The largest absolute Gasteiger partial charge is 0.298 e. The van der Waals surface area contributed by atoms with Crippen LogP contribution in [0.1, 0.15) is 47.5 Å². The molecule has 0 heterocycles. The first kappa shape index (κ1) is 18.2. The molecule has 1 aliphatic rings. The minimum Gasteiger partial charge on any atom is -0.298 e. The normalized spacial score (nSPS) is 23.0. The van der Waals surface area contributed by atoms with Crippen LogP contribution < -0.4 is 0 Å². The van der Waals surface area contributed by atoms with Crippen molar-refractivity contribution in [2.24, 2.45) is 0 Å². The number of rotatable bonds is 5. The number of Topliss-reactive ketones (excluding diaryl/α,β-unsaturated/α-hetero) is 2. The van der Waals surface area contributed by atoms with Gasteiger partial charge in [0, 0.05) is 17.9 Å². The van der Waals surface area contributed by atoms with Crippen molar-refractivity contribution < 1.29 is 9.59 Å². The lowest BCUT2D eigenvalue weighted by molar-refractivity contribution is -0.123. The summed E-state index contributed by atoms with van der Waals surface area (Å²) in [4.78, 5) is 24.5. The fourth-order valence-electron chi connectivity index (χ4n) is 3.58. The average Bonchev–Trinajstić information content (AvgIpc) is 2.65. The van der Waals surface area contributed by atoms with Crippen LogP contribution in [-0.2, 0) is 4.79 Å². The first-order chi connectivity index (χ1) is 12.0. The maximum Gasteiger partial charge on any atom is 0.181 e. The number of benzene rings is 2. The molecule has 4 heteroatoms. The number of hydrogen-bond donors (Lipinski definition) is 0. The maximum atomic E-state index is 12.9. The molecule has 0 amide bonds. The number of halogens is 2. The van der Waals surface area contributed by atoms with Crippen molar-refractivity contribution in [1.29, 1.82) is 0 Å². The number of hydrogen-bond acceptors (Lipinski definition) is 2. The summed E-state index contributed by atoms with van der Waals surface area (Å²) in [6.45, 7) is 0. The Hall–Kier alpha value is -1.64. The molecule has 2 nitrogen and oxygen atoms in total. The van der Waals surface area contributed by atoms with E-state index in [2.05, 4.69) is 0 Å². The summed E-state index contributed by atoms with van der Waals surface area (Å²) in [7, 11) is 0. The molecular formula is C21H20Cl2O2. The van der Waals surface area contributed by atoms with Crippen molar-refractivity contribution in [2.45, 2.75) is 41.9 Å². The van der Waals surface area contributed by atoms with Gasteiger partial charge in [-0.15, -0.1) is 23.2 Å². The van der Waals surface area contributed by atoms with E-state index < -0.39 is 16.2 Å². The molecule has 2 aromatic carbocycles. The van der Waals surface area contributed by atoms with Crippen LogP contribution in [0.4, 0.5) is 0 Å². The number of carbonyl (C=O) groups is 2. The molecule has 0 radical (unpaired) electrons. The monoisotopic (exact) mass is 374 g/mol. The standard InChI is InChI=1S/C21H20Cl2O2/c22-19(20(25)16-11-5-2-6-12-16)18(15-9-3-1-4-10-15)21(23)14-8-7-13-17(21)24/h1-6,9-12,18-19H,7-8,13-14H2/t18-,19+,21+/m1/s1. The second kappa shape index (κ2) is 7.72. The van der Waals surface area contributed by atoms with E-state index in [-0.39, 0.29) is 11.6 Å². The van der Waals surface area contributed by atoms with Crippen molar-refractivity contribution in [2.75, 3.05) is 0 Å². The second-order valence-electron chi connectivity index (χ2n) is 6.51. The lowest BCUT2D eigenvalue weighted by atomic mass is 9.72. The zero-order valence-corrected chi connectivity index (χ0v) is 15.3. The molecule has 25 heavy (non-hydrogen) atoms. The van der Waals surface area contributed by atoms with Gasteiger partial charge in [-0.2, -0.15) is 0 Å². The van der Waals surface area contributed by atoms with Crippen LogP contribution in [0.2, 0.25) is 0 Å². The van der Waals surface area contributed by atoms with Gasteiger partial charge in [-0.05, 0) is 18.4 Å². The van der Waals surface area contributed by atoms with Gasteiger partial charge < -0.3 is 0 Å². The molecule has 0 saturated heterocycles. The summed E-state index contributed by atoms with van der Waals surface area (Å²) in [6.07, 6.45) is 2.68. The van der Waals surface area contributed by atoms with E-state index in [4.69, 9.17) is 23.2 Å². The van der Waals surface area contributed by atoms with Gasteiger partial charge in [-0.25, -0.2) is 0 Å². The zero-order chi connectivity index (χ0) is 17.9. The van der Waals surface area contributed by atoms with E-state index >= 15 is 0 Å². The molecule has 130 valence electrons. The molecule has 0 aromatic heterocycles. The Kier molecular flexibility index (Phi) is 5.61. The quantitative estimate of drug-likeness (QED) is 0.519. The van der Waals surface area contributed by atoms with Crippen LogP contribution in [0.25, 0.3) is 0 Å². The van der Waals surface area contributed by atoms with E-state index in [1.807, 2.05) is 36.4 Å². The highest BCUT2D eigenvalue weighted by Gasteiger charge is 2.50. The molecule has 1 aliphatic carbocycles. The molecule has 0 spiro atoms. The Labute approximate surface area is 158 Å². The summed E-state index contributed by atoms with van der Waals surface area (Å²) in [5.74, 6) is -0.771. The highest BCUT2D eigenvalue weighted by atomic mass is 35.5. The SMILES string of the molecule is O=C(c1ccccc1)[C@@H](Cl)[C@@H](c1ccccc1)[C@]1(Cl)CCCCC1=O. The number of ketones is 2. The average molecular weight is 375 g/mol. The van der Waals surface area contributed by atoms with E-state index in [0.29, 0.717) is 18.4 Å². The van der Waals surface area contributed by atoms with Crippen LogP contribution in [-0.4, -0.2) is 21.8 Å². The van der Waals surface area contributed by atoms with Crippen LogP contribution in [0, 0.1) is 0 Å². The van der Waals surface area contributed by atoms with Crippen LogP contribution in [0.5, 0.6) is 0 Å². The topological polar surface area (TPSA) is 34.1 Å². The van der Waals surface area contributed by atoms with E-state index in [9.17, 15) is 9.59 Å². The van der Waals surface area contributed by atoms with Gasteiger partial charge in [-0.1, -0.05) is 67.1 Å². The highest BCUT2D eigenvalue weighted by Crippen LogP contribution is 2.46. The predicted octanol–water partition coefficient (Wildman–Crippen LogP) is 5.38. The summed E-state index contributed by atoms with van der Waals surface area (Å²) < 4.78 is 0. The van der Waals surface area contributed by atoms with Gasteiger partial charge in [0.1, 0.15) is 10.3 Å². The Balaban J connectivity index is 2.02. The van der Waals surface area contributed by atoms with E-state index in [1.165, 1.54) is 0 Å². The molecule has 1 fully saturated rings. The van der Waals surface area contributed by atoms with Crippen LogP contribution in [0.3, 0.4) is 0 Å². The minimum atomic E-state index is -1.13. The lowest BCUT2D eigenvalue weighted by Gasteiger charge is -2.39. The van der Waals surface area contributed by atoms with Crippen LogP contribution >= 0.6 is 23.2 Å². The Bertz CT molecular complexity index is 745. The van der Waals surface area contributed by atoms with Crippen molar-refractivity contribution >= 4 is 34.8 Å². The summed E-state index contributed by atoms with van der Waals surface area (Å²) >= 11 is 13.5. The highest BCUT2D eigenvalue weighted by molar-refractivity contribution is 6.40. The molecular weight excluding hydrogens is 355 g/mol.